The first-order valence-corrected chi connectivity index (χ1v) is 6.72. The average Bonchev–Trinajstić information content (AvgIpc) is 2.40. The van der Waals surface area contributed by atoms with Crippen LogP contribution in [0.4, 0.5) is 23.2 Å². The Morgan fingerprint density at radius 2 is 1.64 bits per heavy atom. The largest absolute Gasteiger partial charge is 0.418 e. The summed E-state index contributed by atoms with van der Waals surface area (Å²) in [5.74, 6) is -1.12. The van der Waals surface area contributed by atoms with Crippen LogP contribution in [-0.4, -0.2) is 0 Å². The van der Waals surface area contributed by atoms with Gasteiger partial charge in [0.25, 0.3) is 0 Å². The number of hydrogen-bond donors (Lipinski definition) is 1. The van der Waals surface area contributed by atoms with Crippen LogP contribution in [0.5, 0.6) is 0 Å². The lowest BCUT2D eigenvalue weighted by atomic mass is 10.1. The van der Waals surface area contributed by atoms with Crippen molar-refractivity contribution < 1.29 is 17.6 Å². The third-order valence-electron chi connectivity index (χ3n) is 2.29. The molecule has 0 aliphatic heterocycles. The summed E-state index contributed by atoms with van der Waals surface area (Å²) in [5, 5.41) is 28.2. The van der Waals surface area contributed by atoms with Crippen molar-refractivity contribution in [3.63, 3.8) is 0 Å². The lowest BCUT2D eigenvalue weighted by Gasteiger charge is -2.16. The van der Waals surface area contributed by atoms with E-state index in [0.29, 0.717) is 6.07 Å². The third kappa shape index (κ3) is 3.56. The monoisotopic (exact) mass is 436 g/mol. The summed E-state index contributed by atoms with van der Waals surface area (Å²) in [5.41, 5.74) is -3.27. The Balaban J connectivity index is 3.59. The number of hydrogen-bond acceptors (Lipinski definition) is 4. The van der Waals surface area contributed by atoms with Gasteiger partial charge in [0, 0.05) is 4.47 Å². The molecular weight excluding hydrogens is 436 g/mol. The predicted molar refractivity (Wildman–Crippen MR) is 74.3 cm³/mol. The molecule has 1 rings (SSSR count). The quantitative estimate of drug-likeness (QED) is 0.541. The topological polar surface area (TPSA) is 83.4 Å². The van der Waals surface area contributed by atoms with E-state index >= 15 is 0 Å². The molecule has 1 aromatic rings. The molecule has 4 nitrogen and oxygen atoms in total. The van der Waals surface area contributed by atoms with Gasteiger partial charge in [-0.2, -0.15) is 29.0 Å². The molecule has 112 valence electrons. The van der Waals surface area contributed by atoms with Crippen LogP contribution in [-0.2, 0) is 6.18 Å². The van der Waals surface area contributed by atoms with Crippen LogP contribution >= 0.6 is 31.9 Å². The molecule has 0 bridgehead atoms. The fourth-order valence-electron chi connectivity index (χ4n) is 1.37. The van der Waals surface area contributed by atoms with Crippen LogP contribution < -0.4 is 5.32 Å². The lowest BCUT2D eigenvalue weighted by Crippen LogP contribution is -2.11. The molecule has 0 saturated carbocycles. The van der Waals surface area contributed by atoms with E-state index < -0.39 is 43.5 Å². The van der Waals surface area contributed by atoms with E-state index in [2.05, 4.69) is 31.9 Å². The molecule has 0 amide bonds. The summed E-state index contributed by atoms with van der Waals surface area (Å²) in [6.45, 7) is 0. The third-order valence-corrected chi connectivity index (χ3v) is 3.71. The molecule has 0 aliphatic carbocycles. The molecule has 0 aliphatic rings. The van der Waals surface area contributed by atoms with Crippen LogP contribution in [0.25, 0.3) is 0 Å². The number of rotatable bonds is 2. The highest BCUT2D eigenvalue weighted by Crippen LogP contribution is 2.44. The predicted octanol–water partition coefficient (Wildman–Crippen LogP) is 4.61. The Morgan fingerprint density at radius 3 is 2.05 bits per heavy atom. The smallest absolute Gasteiger partial charge is 0.342 e. The van der Waals surface area contributed by atoms with Gasteiger partial charge in [-0.15, -0.1) is 0 Å². The lowest BCUT2D eigenvalue weighted by molar-refractivity contribution is -0.138. The van der Waals surface area contributed by atoms with Crippen LogP contribution in [0.3, 0.4) is 0 Å². The van der Waals surface area contributed by atoms with Gasteiger partial charge in [0.05, 0.1) is 15.7 Å². The summed E-state index contributed by atoms with van der Waals surface area (Å²) in [6, 6.07) is 4.75. The molecule has 0 aromatic heterocycles. The number of nitrogens with zero attached hydrogens (tertiary/aromatic N) is 3. The van der Waals surface area contributed by atoms with Crippen molar-refractivity contribution >= 4 is 37.5 Å². The average molecular weight is 438 g/mol. The molecule has 0 spiro atoms. The molecule has 0 saturated heterocycles. The van der Waals surface area contributed by atoms with Gasteiger partial charge < -0.3 is 5.32 Å². The summed E-state index contributed by atoms with van der Waals surface area (Å²) in [6.07, 6.45) is -4.80. The Kier molecular flexibility index (Phi) is 5.54. The number of nitriles is 3. The highest BCUT2D eigenvalue weighted by molar-refractivity contribution is 9.11. The van der Waals surface area contributed by atoms with Crippen LogP contribution in [0, 0.1) is 39.8 Å². The van der Waals surface area contributed by atoms with Gasteiger partial charge >= 0.3 is 6.18 Å². The first-order valence-electron chi connectivity index (χ1n) is 5.13. The molecule has 0 fully saturated rings. The Hall–Kier alpha value is -2.09. The summed E-state index contributed by atoms with van der Waals surface area (Å²) in [4.78, 5) is 0. The zero-order valence-electron chi connectivity index (χ0n) is 10.2. The fourth-order valence-corrected chi connectivity index (χ4v) is 2.99. The SMILES string of the molecule is N#CC(C#N)=C(C#N)Nc1c(F)cc(Br)c(C(F)(F)F)c1Br. The van der Waals surface area contributed by atoms with Crippen molar-refractivity contribution in [1.82, 2.24) is 0 Å². The zero-order valence-corrected chi connectivity index (χ0v) is 13.4. The van der Waals surface area contributed by atoms with Gasteiger partial charge in [-0.05, 0) is 22.0 Å². The fraction of sp³-hybridized carbons (Fsp3) is 0.0833. The van der Waals surface area contributed by atoms with Gasteiger partial charge in [0.15, 0.2) is 5.57 Å². The number of alkyl halides is 3. The van der Waals surface area contributed by atoms with Gasteiger partial charge in [-0.1, -0.05) is 15.9 Å². The number of allylic oxidation sites excluding steroid dienone is 2. The summed E-state index contributed by atoms with van der Waals surface area (Å²) >= 11 is 5.23. The van der Waals surface area contributed by atoms with Crippen LogP contribution in [0.1, 0.15) is 5.56 Å². The maximum absolute atomic E-state index is 13.9. The van der Waals surface area contributed by atoms with Gasteiger partial charge in [-0.3, -0.25) is 0 Å². The van der Waals surface area contributed by atoms with Gasteiger partial charge in [0.1, 0.15) is 29.7 Å². The van der Waals surface area contributed by atoms with Crippen molar-refractivity contribution in [2.24, 2.45) is 0 Å². The normalized spacial score (nSPS) is 10.1. The van der Waals surface area contributed by atoms with E-state index in [1.54, 1.807) is 0 Å². The Labute approximate surface area is 138 Å². The second kappa shape index (κ2) is 6.78. The van der Waals surface area contributed by atoms with Crippen molar-refractivity contribution in [1.29, 1.82) is 15.8 Å². The van der Waals surface area contributed by atoms with Crippen LogP contribution in [0.15, 0.2) is 26.3 Å². The molecule has 0 unspecified atom stereocenters. The molecule has 1 N–H and O–H groups in total. The van der Waals surface area contributed by atoms with Gasteiger partial charge in [0.2, 0.25) is 0 Å². The van der Waals surface area contributed by atoms with Crippen LogP contribution in [0.2, 0.25) is 0 Å². The van der Waals surface area contributed by atoms with Gasteiger partial charge in [-0.25, -0.2) is 4.39 Å². The number of benzene rings is 1. The Bertz CT molecular complexity index is 763. The first-order chi connectivity index (χ1) is 10.2. The second-order valence-electron chi connectivity index (χ2n) is 3.61. The first kappa shape index (κ1) is 18.0. The second-order valence-corrected chi connectivity index (χ2v) is 5.26. The highest BCUT2D eigenvalue weighted by atomic mass is 79.9. The molecule has 1 aromatic carbocycles. The molecule has 0 radical (unpaired) electrons. The molecule has 0 atom stereocenters. The van der Waals surface area contributed by atoms with E-state index in [4.69, 9.17) is 15.8 Å². The minimum atomic E-state index is -4.80. The standard InChI is InChI=1S/C12H2Br2F4N4/c13-6-1-7(15)11(10(14)9(6)12(16,17)18)22-8(4-21)5(2-19)3-20/h1,22H. The van der Waals surface area contributed by atoms with Crippen molar-refractivity contribution in [2.75, 3.05) is 5.32 Å². The number of nitrogens with one attached hydrogen (secondary N) is 1. The highest BCUT2D eigenvalue weighted by Gasteiger charge is 2.37. The summed E-state index contributed by atoms with van der Waals surface area (Å²) in [7, 11) is 0. The van der Waals surface area contributed by atoms with E-state index in [1.807, 2.05) is 5.32 Å². The van der Waals surface area contributed by atoms with Crippen molar-refractivity contribution in [2.45, 2.75) is 6.18 Å². The van der Waals surface area contributed by atoms with E-state index in [9.17, 15) is 17.6 Å². The van der Waals surface area contributed by atoms with Crippen molar-refractivity contribution in [3.8, 4) is 18.2 Å². The molecular formula is C12H2Br2F4N4. The minimum absolute atomic E-state index is 0.543. The number of halogens is 6. The maximum Gasteiger partial charge on any atom is 0.418 e. The van der Waals surface area contributed by atoms with E-state index in [0.717, 1.165) is 0 Å². The van der Waals surface area contributed by atoms with E-state index in [-0.39, 0.29) is 0 Å². The summed E-state index contributed by atoms with van der Waals surface area (Å²) < 4.78 is 51.4. The van der Waals surface area contributed by atoms with Crippen molar-refractivity contribution in [3.05, 3.63) is 37.7 Å². The minimum Gasteiger partial charge on any atom is -0.342 e. The molecule has 22 heavy (non-hydrogen) atoms. The Morgan fingerprint density at radius 1 is 1.09 bits per heavy atom. The zero-order chi connectivity index (χ0) is 17.1. The molecule has 0 heterocycles. The number of anilines is 1. The molecule has 10 heteroatoms. The maximum atomic E-state index is 13.9. The van der Waals surface area contributed by atoms with E-state index in [1.165, 1.54) is 18.2 Å².